The Morgan fingerprint density at radius 2 is 0.594 bits per heavy atom. The van der Waals surface area contributed by atoms with Gasteiger partial charge in [-0.05, 0) is 89.9 Å². The molecule has 0 amide bonds. The van der Waals surface area contributed by atoms with Crippen LogP contribution in [-0.2, 0) is 28.6 Å². The smallest absolute Gasteiger partial charge is 0.306 e. The highest BCUT2D eigenvalue weighted by molar-refractivity contribution is 5.71. The maximum atomic E-state index is 12.7. The number of hydrogen-bond acceptors (Lipinski definition) is 6. The van der Waals surface area contributed by atoms with E-state index in [9.17, 15) is 14.4 Å². The molecule has 0 aliphatic rings. The molecule has 0 saturated heterocycles. The van der Waals surface area contributed by atoms with Crippen molar-refractivity contribution in [2.24, 2.45) is 0 Å². The molecule has 0 aliphatic carbocycles. The lowest BCUT2D eigenvalue weighted by molar-refractivity contribution is -0.167. The van der Waals surface area contributed by atoms with Crippen LogP contribution >= 0.6 is 0 Å². The van der Waals surface area contributed by atoms with Crippen molar-refractivity contribution in [3.63, 3.8) is 0 Å². The van der Waals surface area contributed by atoms with Gasteiger partial charge in [0.1, 0.15) is 13.2 Å². The number of carbonyl (C=O) groups excluding carboxylic acids is 3. The quantitative estimate of drug-likeness (QED) is 0.0262. The second-order valence-corrected chi connectivity index (χ2v) is 19.2. The molecule has 0 aliphatic heterocycles. The van der Waals surface area contributed by atoms with Crippen molar-refractivity contribution in [1.29, 1.82) is 0 Å². The van der Waals surface area contributed by atoms with Crippen LogP contribution in [0.3, 0.4) is 0 Å². The predicted octanol–water partition coefficient (Wildman–Crippen LogP) is 19.5. The molecule has 1 atom stereocenters. The van der Waals surface area contributed by atoms with E-state index in [4.69, 9.17) is 14.2 Å². The summed E-state index contributed by atoms with van der Waals surface area (Å²) in [6, 6.07) is 0. The number of carbonyl (C=O) groups is 3. The summed E-state index contributed by atoms with van der Waals surface area (Å²) in [5.74, 6) is -0.888. The fourth-order valence-electron chi connectivity index (χ4n) is 8.04. The van der Waals surface area contributed by atoms with Crippen LogP contribution in [0.15, 0.2) is 85.1 Å². The van der Waals surface area contributed by atoms with Crippen molar-refractivity contribution in [1.82, 2.24) is 0 Å². The van der Waals surface area contributed by atoms with Gasteiger partial charge in [0.2, 0.25) is 0 Å². The zero-order valence-electron chi connectivity index (χ0n) is 45.3. The SMILES string of the molecule is CC/C=C\C/C=C\C/C=C\C/C=C\C/C=C\C/C=C\CCCCCCCCCCCCCCC(=O)OCC(COC(=O)CCCCCCCCCCCC)OC(=O)CCCCCCC/C=C\CCC. The van der Waals surface area contributed by atoms with Gasteiger partial charge in [0, 0.05) is 19.3 Å². The van der Waals surface area contributed by atoms with E-state index < -0.39 is 6.10 Å². The van der Waals surface area contributed by atoms with Crippen LogP contribution in [0.1, 0.15) is 278 Å². The van der Waals surface area contributed by atoms with Gasteiger partial charge in [-0.3, -0.25) is 14.4 Å². The Labute approximate surface area is 426 Å². The Kier molecular flexibility index (Phi) is 54.3. The second kappa shape index (κ2) is 57.2. The van der Waals surface area contributed by atoms with Gasteiger partial charge in [0.05, 0.1) is 0 Å². The minimum Gasteiger partial charge on any atom is -0.462 e. The van der Waals surface area contributed by atoms with E-state index in [0.29, 0.717) is 19.3 Å². The lowest BCUT2D eigenvalue weighted by atomic mass is 10.0. The average molecular weight is 962 g/mol. The van der Waals surface area contributed by atoms with Crippen molar-refractivity contribution in [2.45, 2.75) is 284 Å². The Hall–Kier alpha value is -3.41. The van der Waals surface area contributed by atoms with Gasteiger partial charge in [0.25, 0.3) is 0 Å². The summed E-state index contributed by atoms with van der Waals surface area (Å²) < 4.78 is 16.8. The number of ether oxygens (including phenoxy) is 3. The standard InChI is InChI=1S/C63H108O6/c1-4-7-10-13-16-19-22-23-24-25-26-27-28-29-30-31-32-33-34-35-36-37-38-39-40-41-42-45-47-50-53-56-62(65)68-59-60(69-63(66)57-54-51-48-44-21-18-15-12-9-6-3)58-67-61(64)55-52-49-46-43-20-17-14-11-8-5-2/h7,10,12,15-16,19,23-24,26-27,29-30,32-33,60H,4-6,8-9,11,13-14,17-18,20-22,25,28,31,34-59H2,1-3H3/b10-7-,15-12-,19-16-,24-23-,27-26-,30-29-,33-32-. The Morgan fingerprint density at radius 3 is 0.957 bits per heavy atom. The molecular weight excluding hydrogens is 853 g/mol. The third kappa shape index (κ3) is 55.4. The molecule has 6 nitrogen and oxygen atoms in total. The molecule has 0 spiro atoms. The number of hydrogen-bond donors (Lipinski definition) is 0. The molecule has 69 heavy (non-hydrogen) atoms. The molecule has 0 heterocycles. The van der Waals surface area contributed by atoms with E-state index in [-0.39, 0.29) is 31.1 Å². The molecule has 1 unspecified atom stereocenters. The lowest BCUT2D eigenvalue weighted by Gasteiger charge is -2.18. The van der Waals surface area contributed by atoms with Crippen LogP contribution in [0.4, 0.5) is 0 Å². The summed E-state index contributed by atoms with van der Waals surface area (Å²) in [6.45, 7) is 6.45. The fraction of sp³-hybridized carbons (Fsp3) is 0.730. The predicted molar refractivity (Wildman–Crippen MR) is 297 cm³/mol. The summed E-state index contributed by atoms with van der Waals surface area (Å²) >= 11 is 0. The normalized spacial score (nSPS) is 12.7. The highest BCUT2D eigenvalue weighted by Gasteiger charge is 2.19. The van der Waals surface area contributed by atoms with Crippen LogP contribution in [0.25, 0.3) is 0 Å². The van der Waals surface area contributed by atoms with Crippen molar-refractivity contribution in [3.8, 4) is 0 Å². The Balaban J connectivity index is 4.09. The van der Waals surface area contributed by atoms with Crippen molar-refractivity contribution < 1.29 is 28.6 Å². The van der Waals surface area contributed by atoms with Gasteiger partial charge < -0.3 is 14.2 Å². The number of unbranched alkanes of at least 4 members (excludes halogenated alkanes) is 27. The van der Waals surface area contributed by atoms with Gasteiger partial charge in [0.15, 0.2) is 6.10 Å². The van der Waals surface area contributed by atoms with E-state index in [0.717, 1.165) is 116 Å². The maximum Gasteiger partial charge on any atom is 0.306 e. The van der Waals surface area contributed by atoms with Crippen molar-refractivity contribution >= 4 is 17.9 Å². The first-order chi connectivity index (χ1) is 34.0. The average Bonchev–Trinajstić information content (AvgIpc) is 3.35. The van der Waals surface area contributed by atoms with E-state index >= 15 is 0 Å². The van der Waals surface area contributed by atoms with E-state index in [1.807, 2.05) is 0 Å². The van der Waals surface area contributed by atoms with Crippen molar-refractivity contribution in [2.75, 3.05) is 13.2 Å². The number of esters is 3. The van der Waals surface area contributed by atoms with Gasteiger partial charge in [-0.15, -0.1) is 0 Å². The number of allylic oxidation sites excluding steroid dienone is 14. The summed E-state index contributed by atoms with van der Waals surface area (Å²) in [7, 11) is 0. The molecule has 0 aromatic rings. The highest BCUT2D eigenvalue weighted by atomic mass is 16.6. The maximum absolute atomic E-state index is 12.7. The summed E-state index contributed by atoms with van der Waals surface area (Å²) in [5.41, 5.74) is 0. The first-order valence-corrected chi connectivity index (χ1v) is 29.1. The third-order valence-corrected chi connectivity index (χ3v) is 12.4. The van der Waals surface area contributed by atoms with E-state index in [2.05, 4.69) is 106 Å². The molecule has 0 fully saturated rings. The molecule has 0 aromatic heterocycles. The molecule has 0 saturated carbocycles. The summed E-state index contributed by atoms with van der Waals surface area (Å²) in [6.07, 6.45) is 74.6. The monoisotopic (exact) mass is 961 g/mol. The van der Waals surface area contributed by atoms with Gasteiger partial charge >= 0.3 is 17.9 Å². The minimum atomic E-state index is -0.777. The minimum absolute atomic E-state index is 0.0772. The molecule has 0 radical (unpaired) electrons. The van der Waals surface area contributed by atoms with E-state index in [1.54, 1.807) is 0 Å². The zero-order valence-corrected chi connectivity index (χ0v) is 45.3. The van der Waals surface area contributed by atoms with Gasteiger partial charge in [-0.1, -0.05) is 254 Å². The van der Waals surface area contributed by atoms with Crippen LogP contribution in [0.2, 0.25) is 0 Å². The van der Waals surface area contributed by atoms with Gasteiger partial charge in [-0.25, -0.2) is 0 Å². The molecule has 0 rings (SSSR count). The van der Waals surface area contributed by atoms with Gasteiger partial charge in [-0.2, -0.15) is 0 Å². The first kappa shape index (κ1) is 65.6. The zero-order chi connectivity index (χ0) is 50.0. The largest absolute Gasteiger partial charge is 0.462 e. The Morgan fingerprint density at radius 1 is 0.304 bits per heavy atom. The van der Waals surface area contributed by atoms with Crippen molar-refractivity contribution in [3.05, 3.63) is 85.1 Å². The van der Waals surface area contributed by atoms with Crippen LogP contribution < -0.4 is 0 Å². The third-order valence-electron chi connectivity index (χ3n) is 12.4. The molecule has 6 heteroatoms. The molecule has 396 valence electrons. The van der Waals surface area contributed by atoms with Crippen LogP contribution in [0.5, 0.6) is 0 Å². The topological polar surface area (TPSA) is 78.9 Å². The molecule has 0 bridgehead atoms. The molecule has 0 aromatic carbocycles. The Bertz CT molecular complexity index is 1330. The molecular formula is C63H108O6. The summed E-state index contributed by atoms with van der Waals surface area (Å²) in [5, 5.41) is 0. The van der Waals surface area contributed by atoms with E-state index in [1.165, 1.54) is 122 Å². The number of rotatable bonds is 52. The highest BCUT2D eigenvalue weighted by Crippen LogP contribution is 2.16. The summed E-state index contributed by atoms with van der Waals surface area (Å²) in [4.78, 5) is 37.9. The van der Waals surface area contributed by atoms with Crippen LogP contribution in [-0.4, -0.2) is 37.2 Å². The van der Waals surface area contributed by atoms with Crippen LogP contribution in [0, 0.1) is 0 Å². The lowest BCUT2D eigenvalue weighted by Crippen LogP contribution is -2.30. The second-order valence-electron chi connectivity index (χ2n) is 19.2. The molecule has 0 N–H and O–H groups in total. The fourth-order valence-corrected chi connectivity index (χ4v) is 8.04. The first-order valence-electron chi connectivity index (χ1n) is 29.1.